The van der Waals surface area contributed by atoms with Gasteiger partial charge in [0.15, 0.2) is 0 Å². The highest BCUT2D eigenvalue weighted by Gasteiger charge is 2.11. The summed E-state index contributed by atoms with van der Waals surface area (Å²) in [4.78, 5) is 0. The van der Waals surface area contributed by atoms with E-state index in [1.165, 1.54) is 33.2 Å². The molecule has 0 aliphatic carbocycles. The Kier molecular flexibility index (Phi) is 4.13. The van der Waals surface area contributed by atoms with Crippen LogP contribution in [0.5, 0.6) is 0 Å². The second-order valence-electron chi connectivity index (χ2n) is 7.79. The second kappa shape index (κ2) is 6.82. The van der Waals surface area contributed by atoms with E-state index in [1.807, 2.05) is 12.3 Å². The predicted molar refractivity (Wildman–Crippen MR) is 123 cm³/mol. The maximum Gasteiger partial charge on any atom is 0.141 e. The smallest absolute Gasteiger partial charge is 0.141 e. The van der Waals surface area contributed by atoms with Crippen LogP contribution < -0.4 is 5.32 Å². The first-order valence-electron chi connectivity index (χ1n) is 9.94. The van der Waals surface area contributed by atoms with Gasteiger partial charge in [0.05, 0.1) is 6.26 Å². The summed E-state index contributed by atoms with van der Waals surface area (Å²) in [5, 5.41) is 8.34. The van der Waals surface area contributed by atoms with E-state index in [4.69, 9.17) is 4.42 Å². The molecule has 0 spiro atoms. The molecule has 0 saturated heterocycles. The van der Waals surface area contributed by atoms with Crippen LogP contribution in [0.1, 0.15) is 16.7 Å². The van der Waals surface area contributed by atoms with Crippen LogP contribution in [0.15, 0.2) is 83.5 Å². The van der Waals surface area contributed by atoms with E-state index in [1.54, 1.807) is 0 Å². The molecular weight excluding hydrogens is 354 g/mol. The van der Waals surface area contributed by atoms with Crippen LogP contribution in [0.4, 0.5) is 11.4 Å². The molecule has 0 fully saturated rings. The van der Waals surface area contributed by atoms with Crippen molar-refractivity contribution in [3.63, 3.8) is 0 Å². The molecular formula is C27H23NO. The molecule has 2 nitrogen and oxygen atoms in total. The minimum atomic E-state index is 0.922. The van der Waals surface area contributed by atoms with Gasteiger partial charge in [-0.2, -0.15) is 0 Å². The lowest BCUT2D eigenvalue weighted by atomic mass is 10.0. The average molecular weight is 377 g/mol. The van der Waals surface area contributed by atoms with Crippen molar-refractivity contribution in [2.24, 2.45) is 0 Å². The van der Waals surface area contributed by atoms with Crippen molar-refractivity contribution >= 4 is 32.9 Å². The molecule has 29 heavy (non-hydrogen) atoms. The number of aryl methyl sites for hydroxylation is 3. The lowest BCUT2D eigenvalue weighted by molar-refractivity contribution is 0.587. The van der Waals surface area contributed by atoms with Gasteiger partial charge in [-0.3, -0.25) is 0 Å². The highest BCUT2D eigenvalue weighted by molar-refractivity contribution is 6.00. The Morgan fingerprint density at radius 2 is 1.45 bits per heavy atom. The van der Waals surface area contributed by atoms with Crippen molar-refractivity contribution < 1.29 is 4.42 Å². The average Bonchev–Trinajstić information content (AvgIpc) is 3.14. The molecule has 5 rings (SSSR count). The summed E-state index contributed by atoms with van der Waals surface area (Å²) < 4.78 is 5.90. The topological polar surface area (TPSA) is 25.2 Å². The van der Waals surface area contributed by atoms with Gasteiger partial charge in [-0.05, 0) is 49.4 Å². The zero-order chi connectivity index (χ0) is 20.0. The molecule has 142 valence electrons. The molecule has 0 radical (unpaired) electrons. The molecule has 0 unspecified atom stereocenters. The minimum absolute atomic E-state index is 0.922. The van der Waals surface area contributed by atoms with Gasteiger partial charge < -0.3 is 9.73 Å². The van der Waals surface area contributed by atoms with Crippen LogP contribution in [-0.2, 0) is 0 Å². The van der Waals surface area contributed by atoms with E-state index in [0.717, 1.165) is 27.8 Å². The van der Waals surface area contributed by atoms with E-state index in [-0.39, 0.29) is 0 Å². The Balaban J connectivity index is 1.60. The van der Waals surface area contributed by atoms with Gasteiger partial charge in [-0.25, -0.2) is 0 Å². The predicted octanol–water partition coefficient (Wildman–Crippen LogP) is 7.92. The fourth-order valence-corrected chi connectivity index (χ4v) is 4.26. The van der Waals surface area contributed by atoms with Gasteiger partial charge >= 0.3 is 0 Å². The number of rotatable bonds is 3. The summed E-state index contributed by atoms with van der Waals surface area (Å²) in [5.74, 6) is 0.922. The number of benzene rings is 4. The summed E-state index contributed by atoms with van der Waals surface area (Å²) in [6.45, 7) is 6.46. The maximum absolute atomic E-state index is 5.90. The number of hydrogen-bond acceptors (Lipinski definition) is 2. The van der Waals surface area contributed by atoms with Gasteiger partial charge in [0, 0.05) is 33.1 Å². The standard InChI is InChI=1S/C27H23NO/c1-17-13-18(2)26(19(3)14-17)28-25-10-6-8-20-15-21(11-12-23(20)25)27-24-9-5-4-7-22(24)16-29-27/h4-16,28H,1-3H3. The molecule has 5 aromatic rings. The first-order valence-corrected chi connectivity index (χ1v) is 9.94. The van der Waals surface area contributed by atoms with Gasteiger partial charge in [0.1, 0.15) is 5.76 Å². The van der Waals surface area contributed by atoms with Crippen LogP contribution in [0.2, 0.25) is 0 Å². The fourth-order valence-electron chi connectivity index (χ4n) is 4.26. The lowest BCUT2D eigenvalue weighted by Crippen LogP contribution is -1.97. The van der Waals surface area contributed by atoms with Crippen molar-refractivity contribution in [3.05, 3.63) is 95.7 Å². The Bertz CT molecular complexity index is 1340. The number of anilines is 2. The molecule has 1 N–H and O–H groups in total. The SMILES string of the molecule is Cc1cc(C)c(Nc2cccc3cc(-c4occ5ccccc45)ccc23)c(C)c1. The normalized spacial score (nSPS) is 11.3. The molecule has 0 aliphatic rings. The van der Waals surface area contributed by atoms with E-state index in [9.17, 15) is 0 Å². The van der Waals surface area contributed by atoms with Crippen LogP contribution in [0, 0.1) is 20.8 Å². The Labute approximate surface area is 170 Å². The third-order valence-corrected chi connectivity index (χ3v) is 5.59. The van der Waals surface area contributed by atoms with E-state index < -0.39 is 0 Å². The molecule has 1 heterocycles. The van der Waals surface area contributed by atoms with Gasteiger partial charge in [0.25, 0.3) is 0 Å². The maximum atomic E-state index is 5.90. The molecule has 4 aromatic carbocycles. The minimum Gasteiger partial charge on any atom is -0.463 e. The number of nitrogens with one attached hydrogen (secondary N) is 1. The van der Waals surface area contributed by atoms with Crippen molar-refractivity contribution in [2.45, 2.75) is 20.8 Å². The molecule has 2 heteroatoms. The van der Waals surface area contributed by atoms with Crippen LogP contribution in [0.3, 0.4) is 0 Å². The second-order valence-corrected chi connectivity index (χ2v) is 7.79. The summed E-state index contributed by atoms with van der Waals surface area (Å²) in [5.41, 5.74) is 7.21. The van der Waals surface area contributed by atoms with Crippen LogP contribution in [-0.4, -0.2) is 0 Å². The van der Waals surface area contributed by atoms with Gasteiger partial charge in [0.2, 0.25) is 0 Å². The fraction of sp³-hybridized carbons (Fsp3) is 0.111. The quantitative estimate of drug-likeness (QED) is 0.345. The summed E-state index contributed by atoms with van der Waals surface area (Å²) >= 11 is 0. The van der Waals surface area contributed by atoms with Crippen molar-refractivity contribution in [3.8, 4) is 11.3 Å². The van der Waals surface area contributed by atoms with Crippen LogP contribution >= 0.6 is 0 Å². The van der Waals surface area contributed by atoms with Crippen molar-refractivity contribution in [1.82, 2.24) is 0 Å². The summed E-state index contributed by atoms with van der Waals surface area (Å²) in [6.07, 6.45) is 1.83. The zero-order valence-electron chi connectivity index (χ0n) is 16.9. The van der Waals surface area contributed by atoms with Gasteiger partial charge in [-0.1, -0.05) is 66.2 Å². The Morgan fingerprint density at radius 1 is 0.690 bits per heavy atom. The monoisotopic (exact) mass is 377 g/mol. The Hall–Kier alpha value is -3.52. The zero-order valence-corrected chi connectivity index (χ0v) is 16.9. The van der Waals surface area contributed by atoms with Gasteiger partial charge in [-0.15, -0.1) is 0 Å². The molecule has 0 aliphatic heterocycles. The number of fused-ring (bicyclic) bond motifs is 2. The number of furan rings is 1. The first kappa shape index (κ1) is 17.6. The van der Waals surface area contributed by atoms with E-state index in [0.29, 0.717) is 0 Å². The molecule has 0 amide bonds. The lowest BCUT2D eigenvalue weighted by Gasteiger charge is -2.16. The highest BCUT2D eigenvalue weighted by atomic mass is 16.3. The number of hydrogen-bond donors (Lipinski definition) is 1. The molecule has 1 aromatic heterocycles. The van der Waals surface area contributed by atoms with Crippen molar-refractivity contribution in [1.29, 1.82) is 0 Å². The van der Waals surface area contributed by atoms with Crippen molar-refractivity contribution in [2.75, 3.05) is 5.32 Å². The van der Waals surface area contributed by atoms with Crippen LogP contribution in [0.25, 0.3) is 32.9 Å². The van der Waals surface area contributed by atoms with E-state index >= 15 is 0 Å². The first-order chi connectivity index (χ1) is 14.1. The summed E-state index contributed by atoms with van der Waals surface area (Å²) in [7, 11) is 0. The largest absolute Gasteiger partial charge is 0.463 e. The highest BCUT2D eigenvalue weighted by Crippen LogP contribution is 2.35. The molecule has 0 bridgehead atoms. The third-order valence-electron chi connectivity index (χ3n) is 5.59. The summed E-state index contributed by atoms with van der Waals surface area (Å²) in [6, 6.07) is 25.7. The molecule has 0 saturated carbocycles. The third kappa shape index (κ3) is 3.07. The molecule has 0 atom stereocenters. The Morgan fingerprint density at radius 3 is 2.28 bits per heavy atom. The van der Waals surface area contributed by atoms with E-state index in [2.05, 4.69) is 92.8 Å².